The highest BCUT2D eigenvalue weighted by molar-refractivity contribution is 5.15. The van der Waals surface area contributed by atoms with Crippen LogP contribution in [0.3, 0.4) is 0 Å². The van der Waals surface area contributed by atoms with Crippen molar-refractivity contribution < 1.29 is 18.9 Å². The number of methoxy groups -OCH3 is 1. The van der Waals surface area contributed by atoms with Crippen molar-refractivity contribution in [3.8, 4) is 0 Å². The maximum Gasteiger partial charge on any atom is 0.111 e. The van der Waals surface area contributed by atoms with Crippen LogP contribution in [0.5, 0.6) is 0 Å². The Bertz CT molecular complexity index is 261. The minimum absolute atomic E-state index is 0.570. The van der Waals surface area contributed by atoms with Gasteiger partial charge in [-0.05, 0) is 12.0 Å². The van der Waals surface area contributed by atoms with Gasteiger partial charge in [0, 0.05) is 13.5 Å². The van der Waals surface area contributed by atoms with Gasteiger partial charge in [0.1, 0.15) is 6.61 Å². The molecule has 0 saturated carbocycles. The molecule has 1 aliphatic rings. The number of rotatable bonds is 10. The van der Waals surface area contributed by atoms with Crippen molar-refractivity contribution in [2.45, 2.75) is 13.3 Å². The van der Waals surface area contributed by atoms with Gasteiger partial charge in [-0.2, -0.15) is 0 Å². The second kappa shape index (κ2) is 10.1. The zero-order chi connectivity index (χ0) is 13.1. The van der Waals surface area contributed by atoms with E-state index in [0.717, 1.165) is 12.2 Å². The van der Waals surface area contributed by atoms with Crippen LogP contribution in [-0.4, -0.2) is 46.8 Å². The smallest absolute Gasteiger partial charge is 0.111 e. The van der Waals surface area contributed by atoms with Crippen molar-refractivity contribution in [1.29, 1.82) is 0 Å². The molecule has 0 spiro atoms. The van der Waals surface area contributed by atoms with Crippen LogP contribution in [0.2, 0.25) is 0 Å². The molecular formula is C14H24O4. The first-order valence-corrected chi connectivity index (χ1v) is 6.47. The molecule has 1 rings (SSSR count). The quantitative estimate of drug-likeness (QED) is 0.561. The summed E-state index contributed by atoms with van der Waals surface area (Å²) < 4.78 is 21.2. The van der Waals surface area contributed by atoms with Gasteiger partial charge in [-0.3, -0.25) is 0 Å². The van der Waals surface area contributed by atoms with E-state index in [-0.39, 0.29) is 0 Å². The van der Waals surface area contributed by atoms with Gasteiger partial charge in [0.05, 0.1) is 38.8 Å². The van der Waals surface area contributed by atoms with E-state index >= 15 is 0 Å². The average molecular weight is 256 g/mol. The molecule has 0 aliphatic heterocycles. The van der Waals surface area contributed by atoms with Crippen LogP contribution < -0.4 is 0 Å². The van der Waals surface area contributed by atoms with Crippen molar-refractivity contribution in [2.75, 3.05) is 46.8 Å². The summed E-state index contributed by atoms with van der Waals surface area (Å²) >= 11 is 0. The Morgan fingerprint density at radius 2 is 1.72 bits per heavy atom. The summed E-state index contributed by atoms with van der Waals surface area (Å²) in [7, 11) is 1.66. The van der Waals surface area contributed by atoms with Gasteiger partial charge < -0.3 is 18.9 Å². The van der Waals surface area contributed by atoms with Crippen molar-refractivity contribution in [3.05, 3.63) is 24.0 Å². The molecule has 0 aromatic carbocycles. The molecule has 0 aromatic heterocycles. The first-order chi connectivity index (χ1) is 8.83. The first-order valence-electron chi connectivity index (χ1n) is 6.47. The summed E-state index contributed by atoms with van der Waals surface area (Å²) in [6.07, 6.45) is 7.24. The van der Waals surface area contributed by atoms with E-state index in [2.05, 4.69) is 13.0 Å². The Kier molecular flexibility index (Phi) is 8.55. The molecule has 1 atom stereocenters. The molecule has 0 saturated heterocycles. The van der Waals surface area contributed by atoms with E-state index in [1.165, 1.54) is 0 Å². The third-order valence-electron chi connectivity index (χ3n) is 2.56. The topological polar surface area (TPSA) is 36.9 Å². The largest absolute Gasteiger partial charge is 0.496 e. The standard InChI is InChI=1S/C14H24O4/c1-13-4-3-5-14(12-13)18-11-10-17-9-8-16-7-6-15-2/h3-5,13H,6-12H2,1-2H3. The lowest BCUT2D eigenvalue weighted by Gasteiger charge is -2.15. The van der Waals surface area contributed by atoms with Gasteiger partial charge >= 0.3 is 0 Å². The molecule has 4 nitrogen and oxygen atoms in total. The van der Waals surface area contributed by atoms with Crippen LogP contribution in [0.25, 0.3) is 0 Å². The Morgan fingerprint density at radius 1 is 1.06 bits per heavy atom. The van der Waals surface area contributed by atoms with Crippen molar-refractivity contribution in [2.24, 2.45) is 5.92 Å². The zero-order valence-corrected chi connectivity index (χ0v) is 11.4. The molecule has 1 unspecified atom stereocenters. The molecule has 4 heteroatoms. The Balaban J connectivity index is 1.87. The fourth-order valence-corrected chi connectivity index (χ4v) is 1.61. The molecule has 104 valence electrons. The van der Waals surface area contributed by atoms with Crippen LogP contribution in [0.15, 0.2) is 24.0 Å². The van der Waals surface area contributed by atoms with Crippen LogP contribution in [0.1, 0.15) is 13.3 Å². The third-order valence-corrected chi connectivity index (χ3v) is 2.56. The summed E-state index contributed by atoms with van der Waals surface area (Å²) in [4.78, 5) is 0. The van der Waals surface area contributed by atoms with Crippen molar-refractivity contribution >= 4 is 0 Å². The van der Waals surface area contributed by atoms with Gasteiger partial charge in [0.15, 0.2) is 0 Å². The molecule has 0 bridgehead atoms. The van der Waals surface area contributed by atoms with Crippen molar-refractivity contribution in [3.63, 3.8) is 0 Å². The van der Waals surface area contributed by atoms with E-state index in [1.54, 1.807) is 7.11 Å². The predicted molar refractivity (Wildman–Crippen MR) is 70.5 cm³/mol. The lowest BCUT2D eigenvalue weighted by Crippen LogP contribution is -2.12. The summed E-state index contributed by atoms with van der Waals surface area (Å²) in [6, 6.07) is 0. The van der Waals surface area contributed by atoms with Gasteiger partial charge in [0.2, 0.25) is 0 Å². The molecule has 0 fully saturated rings. The van der Waals surface area contributed by atoms with Crippen LogP contribution in [0.4, 0.5) is 0 Å². The molecule has 0 aromatic rings. The molecule has 0 N–H and O–H groups in total. The average Bonchev–Trinajstić information content (AvgIpc) is 2.37. The highest BCUT2D eigenvalue weighted by atomic mass is 16.6. The monoisotopic (exact) mass is 256 g/mol. The molecule has 18 heavy (non-hydrogen) atoms. The summed E-state index contributed by atoms with van der Waals surface area (Å²) in [5, 5.41) is 0. The lowest BCUT2D eigenvalue weighted by molar-refractivity contribution is 0.0112. The normalized spacial score (nSPS) is 18.8. The van der Waals surface area contributed by atoms with Crippen molar-refractivity contribution in [1.82, 2.24) is 0 Å². The number of ether oxygens (including phenoxy) is 4. The highest BCUT2D eigenvalue weighted by Crippen LogP contribution is 2.18. The Morgan fingerprint density at radius 3 is 2.39 bits per heavy atom. The Labute approximate surface area is 110 Å². The van der Waals surface area contributed by atoms with Gasteiger partial charge in [-0.25, -0.2) is 0 Å². The van der Waals surface area contributed by atoms with Gasteiger partial charge in [0.25, 0.3) is 0 Å². The van der Waals surface area contributed by atoms with Crippen LogP contribution >= 0.6 is 0 Å². The zero-order valence-electron chi connectivity index (χ0n) is 11.4. The van der Waals surface area contributed by atoms with Gasteiger partial charge in [-0.1, -0.05) is 19.1 Å². The molecule has 0 amide bonds. The third kappa shape index (κ3) is 7.48. The lowest BCUT2D eigenvalue weighted by atomic mass is 10.0. The SMILES string of the molecule is COCCOCCOCCOC1=CC=CC(C)C1. The molecule has 0 heterocycles. The van der Waals surface area contributed by atoms with E-state index < -0.39 is 0 Å². The fraction of sp³-hybridized carbons (Fsp3) is 0.714. The Hall–Kier alpha value is -0.840. The molecule has 1 aliphatic carbocycles. The maximum atomic E-state index is 5.62. The van der Waals surface area contributed by atoms with E-state index in [9.17, 15) is 0 Å². The second-order valence-electron chi connectivity index (χ2n) is 4.27. The number of hydrogen-bond donors (Lipinski definition) is 0. The molecule has 0 radical (unpaired) electrons. The maximum absolute atomic E-state index is 5.62. The van der Waals surface area contributed by atoms with Gasteiger partial charge in [-0.15, -0.1) is 0 Å². The van der Waals surface area contributed by atoms with E-state index in [4.69, 9.17) is 18.9 Å². The number of allylic oxidation sites excluding steroid dienone is 4. The predicted octanol–water partition coefficient (Wildman–Crippen LogP) is 2.16. The summed E-state index contributed by atoms with van der Waals surface area (Å²) in [5.41, 5.74) is 0. The van der Waals surface area contributed by atoms with E-state index in [0.29, 0.717) is 45.6 Å². The van der Waals surface area contributed by atoms with Crippen LogP contribution in [0, 0.1) is 5.92 Å². The minimum atomic E-state index is 0.570. The highest BCUT2D eigenvalue weighted by Gasteiger charge is 2.06. The summed E-state index contributed by atoms with van der Waals surface area (Å²) in [6.45, 7) is 5.83. The minimum Gasteiger partial charge on any atom is -0.496 e. The molecular weight excluding hydrogens is 232 g/mol. The fourth-order valence-electron chi connectivity index (χ4n) is 1.61. The second-order valence-corrected chi connectivity index (χ2v) is 4.27. The summed E-state index contributed by atoms with van der Waals surface area (Å²) in [5.74, 6) is 1.62. The first kappa shape index (κ1) is 15.2. The number of hydrogen-bond acceptors (Lipinski definition) is 4. The van der Waals surface area contributed by atoms with Crippen LogP contribution in [-0.2, 0) is 18.9 Å². The van der Waals surface area contributed by atoms with E-state index in [1.807, 2.05) is 12.2 Å².